The molecule has 0 spiro atoms. The van der Waals surface area contributed by atoms with Crippen LogP contribution < -0.4 is 0 Å². The predicted molar refractivity (Wildman–Crippen MR) is 61.5 cm³/mol. The van der Waals surface area contributed by atoms with E-state index in [2.05, 4.69) is 27.0 Å². The van der Waals surface area contributed by atoms with Crippen molar-refractivity contribution in [2.75, 3.05) is 0 Å². The van der Waals surface area contributed by atoms with E-state index in [1.165, 1.54) is 0 Å². The SMILES string of the molecule is C=CC1(OC(=O)C(=C)C)CCCC1(C)C. The molecule has 0 aromatic carbocycles. The van der Waals surface area contributed by atoms with Gasteiger partial charge in [0.2, 0.25) is 0 Å². The summed E-state index contributed by atoms with van der Waals surface area (Å²) in [6.45, 7) is 13.3. The van der Waals surface area contributed by atoms with E-state index in [0.29, 0.717) is 5.57 Å². The number of hydrogen-bond donors (Lipinski definition) is 0. The van der Waals surface area contributed by atoms with Gasteiger partial charge in [-0.3, -0.25) is 0 Å². The highest BCUT2D eigenvalue weighted by atomic mass is 16.6. The maximum absolute atomic E-state index is 11.6. The van der Waals surface area contributed by atoms with Crippen molar-refractivity contribution in [1.29, 1.82) is 0 Å². The first-order chi connectivity index (χ1) is 6.84. The monoisotopic (exact) mass is 208 g/mol. The third-order valence-corrected chi connectivity index (χ3v) is 3.45. The summed E-state index contributed by atoms with van der Waals surface area (Å²) in [6, 6.07) is 0. The molecule has 1 rings (SSSR count). The molecule has 0 aromatic rings. The quantitative estimate of drug-likeness (QED) is 0.404. The zero-order valence-electron chi connectivity index (χ0n) is 9.93. The van der Waals surface area contributed by atoms with Crippen molar-refractivity contribution in [1.82, 2.24) is 0 Å². The molecular formula is C13H20O2. The van der Waals surface area contributed by atoms with E-state index in [1.54, 1.807) is 13.0 Å². The minimum Gasteiger partial charge on any atom is -0.451 e. The van der Waals surface area contributed by atoms with Crippen molar-refractivity contribution in [3.8, 4) is 0 Å². The Kier molecular flexibility index (Phi) is 3.08. The highest BCUT2D eigenvalue weighted by Crippen LogP contribution is 2.49. The van der Waals surface area contributed by atoms with Gasteiger partial charge in [0, 0.05) is 11.0 Å². The Balaban J connectivity index is 2.91. The van der Waals surface area contributed by atoms with Gasteiger partial charge in [0.25, 0.3) is 0 Å². The molecule has 2 heteroatoms. The largest absolute Gasteiger partial charge is 0.451 e. The van der Waals surface area contributed by atoms with E-state index in [0.717, 1.165) is 19.3 Å². The number of ether oxygens (including phenoxy) is 1. The van der Waals surface area contributed by atoms with Gasteiger partial charge in [-0.25, -0.2) is 4.79 Å². The summed E-state index contributed by atoms with van der Waals surface area (Å²) >= 11 is 0. The lowest BCUT2D eigenvalue weighted by molar-refractivity contribution is -0.157. The Bertz CT molecular complexity index is 302. The van der Waals surface area contributed by atoms with Crippen molar-refractivity contribution in [2.24, 2.45) is 5.41 Å². The van der Waals surface area contributed by atoms with Crippen LogP contribution in [0.3, 0.4) is 0 Å². The lowest BCUT2D eigenvalue weighted by atomic mass is 9.77. The fraction of sp³-hybridized carbons (Fsp3) is 0.615. The molecule has 1 aliphatic rings. The van der Waals surface area contributed by atoms with Crippen molar-refractivity contribution < 1.29 is 9.53 Å². The van der Waals surface area contributed by atoms with Gasteiger partial charge in [-0.1, -0.05) is 27.0 Å². The van der Waals surface area contributed by atoms with Crippen LogP contribution in [-0.4, -0.2) is 11.6 Å². The Morgan fingerprint density at radius 2 is 2.00 bits per heavy atom. The second-order valence-electron chi connectivity index (χ2n) is 5.00. The molecule has 0 radical (unpaired) electrons. The van der Waals surface area contributed by atoms with E-state index in [1.807, 2.05) is 0 Å². The number of esters is 1. The summed E-state index contributed by atoms with van der Waals surface area (Å²) in [7, 11) is 0. The summed E-state index contributed by atoms with van der Waals surface area (Å²) < 4.78 is 5.57. The predicted octanol–water partition coefficient (Wildman–Crippen LogP) is 3.24. The molecule has 0 aliphatic heterocycles. The van der Waals surface area contributed by atoms with Crippen LogP contribution in [0.5, 0.6) is 0 Å². The molecule has 0 bridgehead atoms. The van der Waals surface area contributed by atoms with Gasteiger partial charge in [0.05, 0.1) is 0 Å². The molecular weight excluding hydrogens is 188 g/mol. The zero-order valence-corrected chi connectivity index (χ0v) is 9.93. The summed E-state index contributed by atoms with van der Waals surface area (Å²) in [5.41, 5.74) is -0.0953. The fourth-order valence-corrected chi connectivity index (χ4v) is 2.20. The van der Waals surface area contributed by atoms with E-state index in [-0.39, 0.29) is 11.4 Å². The molecule has 15 heavy (non-hydrogen) atoms. The van der Waals surface area contributed by atoms with Crippen LogP contribution in [0.4, 0.5) is 0 Å². The van der Waals surface area contributed by atoms with E-state index < -0.39 is 5.60 Å². The van der Waals surface area contributed by atoms with Crippen LogP contribution >= 0.6 is 0 Å². The fourth-order valence-electron chi connectivity index (χ4n) is 2.20. The molecule has 0 heterocycles. The number of carbonyl (C=O) groups excluding carboxylic acids is 1. The first-order valence-corrected chi connectivity index (χ1v) is 5.37. The molecule has 0 aromatic heterocycles. The maximum Gasteiger partial charge on any atom is 0.333 e. The van der Waals surface area contributed by atoms with Gasteiger partial charge < -0.3 is 4.74 Å². The van der Waals surface area contributed by atoms with E-state index in [9.17, 15) is 4.79 Å². The van der Waals surface area contributed by atoms with Crippen molar-refractivity contribution in [3.63, 3.8) is 0 Å². The lowest BCUT2D eigenvalue weighted by Crippen LogP contribution is -2.42. The Labute approximate surface area is 92.0 Å². The van der Waals surface area contributed by atoms with Gasteiger partial charge in [0.1, 0.15) is 5.60 Å². The first-order valence-electron chi connectivity index (χ1n) is 5.37. The summed E-state index contributed by atoms with van der Waals surface area (Å²) in [6.07, 6.45) is 4.77. The van der Waals surface area contributed by atoms with Gasteiger partial charge in [-0.05, 0) is 32.3 Å². The molecule has 0 amide bonds. The Morgan fingerprint density at radius 3 is 2.33 bits per heavy atom. The van der Waals surface area contributed by atoms with E-state index in [4.69, 9.17) is 4.74 Å². The van der Waals surface area contributed by atoms with Crippen molar-refractivity contribution in [2.45, 2.75) is 45.6 Å². The van der Waals surface area contributed by atoms with Crippen LogP contribution in [0.15, 0.2) is 24.8 Å². The smallest absolute Gasteiger partial charge is 0.333 e. The van der Waals surface area contributed by atoms with Gasteiger partial charge in [-0.2, -0.15) is 0 Å². The highest BCUT2D eigenvalue weighted by Gasteiger charge is 2.49. The third-order valence-electron chi connectivity index (χ3n) is 3.45. The summed E-state index contributed by atoms with van der Waals surface area (Å²) in [5, 5.41) is 0. The molecule has 0 saturated heterocycles. The van der Waals surface area contributed by atoms with Crippen LogP contribution in [0.25, 0.3) is 0 Å². The number of carbonyl (C=O) groups is 1. The minimum atomic E-state index is -0.511. The Morgan fingerprint density at radius 1 is 1.40 bits per heavy atom. The van der Waals surface area contributed by atoms with Crippen molar-refractivity contribution in [3.05, 3.63) is 24.8 Å². The lowest BCUT2D eigenvalue weighted by Gasteiger charge is -2.38. The maximum atomic E-state index is 11.6. The number of hydrogen-bond acceptors (Lipinski definition) is 2. The molecule has 1 aliphatic carbocycles. The number of rotatable bonds is 3. The zero-order chi connectivity index (χ0) is 11.7. The van der Waals surface area contributed by atoms with Crippen molar-refractivity contribution >= 4 is 5.97 Å². The van der Waals surface area contributed by atoms with Crippen LogP contribution in [0, 0.1) is 5.41 Å². The molecule has 1 unspecified atom stereocenters. The summed E-state index contributed by atoms with van der Waals surface area (Å²) in [5.74, 6) is -0.315. The average Bonchev–Trinajstić information content (AvgIpc) is 2.42. The van der Waals surface area contributed by atoms with Crippen LogP contribution in [0.2, 0.25) is 0 Å². The van der Waals surface area contributed by atoms with Crippen LogP contribution in [0.1, 0.15) is 40.0 Å². The average molecular weight is 208 g/mol. The molecule has 1 saturated carbocycles. The molecule has 1 atom stereocenters. The summed E-state index contributed by atoms with van der Waals surface area (Å²) in [4.78, 5) is 11.6. The van der Waals surface area contributed by atoms with Crippen LogP contribution in [-0.2, 0) is 9.53 Å². The second-order valence-corrected chi connectivity index (χ2v) is 5.00. The topological polar surface area (TPSA) is 26.3 Å². The van der Waals surface area contributed by atoms with E-state index >= 15 is 0 Å². The van der Waals surface area contributed by atoms with Gasteiger partial charge in [0.15, 0.2) is 0 Å². The normalized spacial score (nSPS) is 28.5. The Hall–Kier alpha value is -1.05. The molecule has 2 nitrogen and oxygen atoms in total. The standard InChI is InChI=1S/C13H20O2/c1-6-13(15-11(14)10(2)3)9-7-8-12(13,4)5/h6H,1-2,7-9H2,3-5H3. The molecule has 1 fully saturated rings. The first kappa shape index (κ1) is 12.0. The second kappa shape index (κ2) is 3.84. The van der Waals surface area contributed by atoms with Gasteiger partial charge >= 0.3 is 5.97 Å². The van der Waals surface area contributed by atoms with Gasteiger partial charge in [-0.15, -0.1) is 0 Å². The third kappa shape index (κ3) is 1.99. The minimum absolute atomic E-state index is 0.0279. The molecule has 84 valence electrons. The molecule has 0 N–H and O–H groups in total. The highest BCUT2D eigenvalue weighted by molar-refractivity contribution is 5.87.